The second-order valence-corrected chi connectivity index (χ2v) is 2.70. The molecule has 1 rings (SSSR count). The molecule has 0 aliphatic rings. The Hall–Kier alpha value is -2.26. The third-order valence-electron chi connectivity index (χ3n) is 1.74. The number of carbonyl (C=O) groups is 1. The lowest BCUT2D eigenvalue weighted by atomic mass is 10.1. The Morgan fingerprint density at radius 3 is 2.93 bits per heavy atom. The van der Waals surface area contributed by atoms with Gasteiger partial charge in [0.05, 0.1) is 19.1 Å². The third-order valence-corrected chi connectivity index (χ3v) is 1.74. The SMILES string of the molecule is COc1ccc(C#CCC=O)cc1C#N. The van der Waals surface area contributed by atoms with Crippen LogP contribution in [0.1, 0.15) is 17.5 Å². The van der Waals surface area contributed by atoms with E-state index in [9.17, 15) is 4.79 Å². The first-order valence-corrected chi connectivity index (χ1v) is 4.32. The van der Waals surface area contributed by atoms with Crippen LogP contribution in [0.2, 0.25) is 0 Å². The quantitative estimate of drug-likeness (QED) is 0.535. The number of ether oxygens (including phenoxy) is 1. The highest BCUT2D eigenvalue weighted by atomic mass is 16.5. The van der Waals surface area contributed by atoms with E-state index in [2.05, 4.69) is 11.8 Å². The molecule has 0 saturated heterocycles. The molecule has 0 aliphatic heterocycles. The molecular formula is C12H9NO2. The van der Waals surface area contributed by atoms with Crippen LogP contribution in [0.4, 0.5) is 0 Å². The smallest absolute Gasteiger partial charge is 0.136 e. The average molecular weight is 199 g/mol. The Labute approximate surface area is 88.3 Å². The molecular weight excluding hydrogens is 190 g/mol. The van der Waals surface area contributed by atoms with Crippen molar-refractivity contribution in [2.45, 2.75) is 6.42 Å². The highest BCUT2D eigenvalue weighted by Gasteiger charge is 2.01. The number of methoxy groups -OCH3 is 1. The fourth-order valence-corrected chi connectivity index (χ4v) is 1.07. The zero-order chi connectivity index (χ0) is 11.1. The topological polar surface area (TPSA) is 50.1 Å². The molecule has 0 saturated carbocycles. The van der Waals surface area contributed by atoms with Crippen LogP contribution < -0.4 is 4.74 Å². The summed E-state index contributed by atoms with van der Waals surface area (Å²) in [5, 5.41) is 8.81. The van der Waals surface area contributed by atoms with Gasteiger partial charge in [0.25, 0.3) is 0 Å². The second kappa shape index (κ2) is 5.47. The first-order chi connectivity index (χ1) is 7.31. The van der Waals surface area contributed by atoms with Crippen molar-refractivity contribution in [3.8, 4) is 23.7 Å². The Balaban J connectivity index is 3.01. The van der Waals surface area contributed by atoms with Gasteiger partial charge in [0, 0.05) is 5.56 Å². The Morgan fingerprint density at radius 2 is 2.33 bits per heavy atom. The Morgan fingerprint density at radius 1 is 1.53 bits per heavy atom. The monoisotopic (exact) mass is 199 g/mol. The lowest BCUT2D eigenvalue weighted by molar-refractivity contribution is -0.107. The summed E-state index contributed by atoms with van der Waals surface area (Å²) in [6.45, 7) is 0. The average Bonchev–Trinajstić information content (AvgIpc) is 2.29. The summed E-state index contributed by atoms with van der Waals surface area (Å²) in [4.78, 5) is 10.0. The highest BCUT2D eigenvalue weighted by molar-refractivity contribution is 5.56. The van der Waals surface area contributed by atoms with Gasteiger partial charge in [-0.2, -0.15) is 5.26 Å². The van der Waals surface area contributed by atoms with E-state index >= 15 is 0 Å². The Kier molecular flexibility index (Phi) is 3.94. The number of rotatable bonds is 2. The maximum Gasteiger partial charge on any atom is 0.136 e. The van der Waals surface area contributed by atoms with Crippen molar-refractivity contribution < 1.29 is 9.53 Å². The molecule has 3 nitrogen and oxygen atoms in total. The molecule has 0 amide bonds. The van der Waals surface area contributed by atoms with Gasteiger partial charge < -0.3 is 9.53 Å². The van der Waals surface area contributed by atoms with E-state index in [0.29, 0.717) is 16.9 Å². The summed E-state index contributed by atoms with van der Waals surface area (Å²) in [6, 6.07) is 7.08. The number of nitrogens with zero attached hydrogens (tertiary/aromatic N) is 1. The predicted octanol–water partition coefficient (Wildman–Crippen LogP) is 1.51. The summed E-state index contributed by atoms with van der Waals surface area (Å²) in [5.41, 5.74) is 1.14. The zero-order valence-corrected chi connectivity index (χ0v) is 8.28. The molecule has 0 radical (unpaired) electrons. The van der Waals surface area contributed by atoms with Crippen molar-refractivity contribution in [2.24, 2.45) is 0 Å². The van der Waals surface area contributed by atoms with Gasteiger partial charge >= 0.3 is 0 Å². The van der Waals surface area contributed by atoms with E-state index in [0.717, 1.165) is 6.29 Å². The lowest BCUT2D eigenvalue weighted by Crippen LogP contribution is -1.88. The summed E-state index contributed by atoms with van der Waals surface area (Å²) < 4.78 is 4.99. The standard InChI is InChI=1S/C12H9NO2/c1-15-12-6-5-10(4-2-3-7-14)8-11(12)9-13/h5-8H,3H2,1H3. The van der Waals surface area contributed by atoms with E-state index in [1.165, 1.54) is 7.11 Å². The number of hydrogen-bond acceptors (Lipinski definition) is 3. The molecule has 1 aromatic carbocycles. The van der Waals surface area contributed by atoms with Gasteiger partial charge in [-0.15, -0.1) is 0 Å². The molecule has 0 N–H and O–H groups in total. The minimum atomic E-state index is 0.202. The fraction of sp³-hybridized carbons (Fsp3) is 0.167. The maximum absolute atomic E-state index is 10.0. The van der Waals surface area contributed by atoms with Gasteiger partial charge in [0.2, 0.25) is 0 Å². The zero-order valence-electron chi connectivity index (χ0n) is 8.28. The molecule has 0 aliphatic carbocycles. The molecule has 74 valence electrons. The Bertz CT molecular complexity index is 461. The van der Waals surface area contributed by atoms with E-state index in [4.69, 9.17) is 10.00 Å². The molecule has 15 heavy (non-hydrogen) atoms. The molecule has 0 heterocycles. The largest absolute Gasteiger partial charge is 0.495 e. The summed E-state index contributed by atoms with van der Waals surface area (Å²) in [5.74, 6) is 5.98. The third kappa shape index (κ3) is 2.86. The van der Waals surface area contributed by atoms with Gasteiger partial charge in [0.1, 0.15) is 18.1 Å². The normalized spacial score (nSPS) is 8.27. The summed E-state index contributed by atoms with van der Waals surface area (Å²) in [6.07, 6.45) is 0.940. The van der Waals surface area contributed by atoms with Crippen LogP contribution in [0.25, 0.3) is 0 Å². The predicted molar refractivity (Wildman–Crippen MR) is 55.3 cm³/mol. The van der Waals surface area contributed by atoms with Crippen molar-refractivity contribution in [3.63, 3.8) is 0 Å². The van der Waals surface area contributed by atoms with Crippen molar-refractivity contribution in [3.05, 3.63) is 29.3 Å². The summed E-state index contributed by atoms with van der Waals surface area (Å²) in [7, 11) is 1.51. The number of hydrogen-bond donors (Lipinski definition) is 0. The molecule has 0 unspecified atom stereocenters. The number of aldehydes is 1. The minimum Gasteiger partial charge on any atom is -0.495 e. The van der Waals surface area contributed by atoms with E-state index in [1.54, 1.807) is 18.2 Å². The van der Waals surface area contributed by atoms with Gasteiger partial charge in [-0.25, -0.2) is 0 Å². The number of benzene rings is 1. The van der Waals surface area contributed by atoms with Crippen LogP contribution in [0.15, 0.2) is 18.2 Å². The van der Waals surface area contributed by atoms with Gasteiger partial charge in [-0.05, 0) is 18.2 Å². The van der Waals surface area contributed by atoms with E-state index in [-0.39, 0.29) is 6.42 Å². The van der Waals surface area contributed by atoms with Crippen molar-refractivity contribution in [1.29, 1.82) is 5.26 Å². The first kappa shape index (κ1) is 10.8. The van der Waals surface area contributed by atoms with Gasteiger partial charge in [-0.3, -0.25) is 0 Å². The molecule has 0 spiro atoms. The molecule has 3 heteroatoms. The molecule has 0 atom stereocenters. The first-order valence-electron chi connectivity index (χ1n) is 4.32. The molecule has 0 fully saturated rings. The van der Waals surface area contributed by atoms with Gasteiger partial charge in [0.15, 0.2) is 0 Å². The van der Waals surface area contributed by atoms with Crippen LogP contribution in [-0.4, -0.2) is 13.4 Å². The highest BCUT2D eigenvalue weighted by Crippen LogP contribution is 2.18. The van der Waals surface area contributed by atoms with Crippen molar-refractivity contribution in [1.82, 2.24) is 0 Å². The van der Waals surface area contributed by atoms with Gasteiger partial charge in [-0.1, -0.05) is 11.8 Å². The minimum absolute atomic E-state index is 0.202. The maximum atomic E-state index is 10.0. The number of nitriles is 1. The van der Waals surface area contributed by atoms with Crippen LogP contribution in [0.3, 0.4) is 0 Å². The van der Waals surface area contributed by atoms with Crippen LogP contribution in [0, 0.1) is 23.2 Å². The molecule has 0 bridgehead atoms. The molecule has 1 aromatic rings. The number of carbonyl (C=O) groups excluding carboxylic acids is 1. The second-order valence-electron chi connectivity index (χ2n) is 2.70. The fourth-order valence-electron chi connectivity index (χ4n) is 1.07. The van der Waals surface area contributed by atoms with E-state index < -0.39 is 0 Å². The van der Waals surface area contributed by atoms with Crippen molar-refractivity contribution >= 4 is 6.29 Å². The lowest BCUT2D eigenvalue weighted by Gasteiger charge is -2.01. The molecule has 0 aromatic heterocycles. The van der Waals surface area contributed by atoms with E-state index in [1.807, 2.05) is 6.07 Å². The van der Waals surface area contributed by atoms with Crippen LogP contribution in [0.5, 0.6) is 5.75 Å². The van der Waals surface area contributed by atoms with Crippen LogP contribution in [-0.2, 0) is 4.79 Å². The van der Waals surface area contributed by atoms with Crippen molar-refractivity contribution in [2.75, 3.05) is 7.11 Å². The summed E-state index contributed by atoms with van der Waals surface area (Å²) >= 11 is 0. The van der Waals surface area contributed by atoms with Crippen LogP contribution >= 0.6 is 0 Å².